The number of para-hydroxylation sites is 2. The largest absolute Gasteiger partial charge is 0.487 e. The Hall–Kier alpha value is -2.94. The van der Waals surface area contributed by atoms with E-state index in [9.17, 15) is 19.7 Å². The van der Waals surface area contributed by atoms with Crippen LogP contribution in [-0.4, -0.2) is 23.3 Å². The van der Waals surface area contributed by atoms with Gasteiger partial charge in [-0.3, -0.25) is 19.7 Å². The maximum Gasteiger partial charge on any atom is 0.310 e. The predicted molar refractivity (Wildman–Crippen MR) is 94.0 cm³/mol. The number of primary amides is 1. The molecule has 1 heterocycles. The van der Waals surface area contributed by atoms with Crippen LogP contribution in [-0.2, 0) is 4.79 Å². The van der Waals surface area contributed by atoms with Gasteiger partial charge >= 0.3 is 5.69 Å². The Morgan fingerprint density at radius 1 is 1.36 bits per heavy atom. The summed E-state index contributed by atoms with van der Waals surface area (Å²) in [7, 11) is 0. The average Bonchev–Trinajstić information content (AvgIpc) is 2.92. The molecule has 1 aromatic heterocycles. The van der Waals surface area contributed by atoms with Gasteiger partial charge in [-0.2, -0.15) is 0 Å². The van der Waals surface area contributed by atoms with Gasteiger partial charge in [-0.15, -0.1) is 11.3 Å². The lowest BCUT2D eigenvalue weighted by Crippen LogP contribution is -2.16. The molecule has 0 aliphatic heterocycles. The monoisotopic (exact) mass is 363 g/mol. The van der Waals surface area contributed by atoms with E-state index < -0.39 is 10.8 Å². The molecule has 25 heavy (non-hydrogen) atoms. The number of ether oxygens (including phenoxy) is 1. The van der Waals surface area contributed by atoms with Crippen LogP contribution in [0.5, 0.6) is 5.75 Å². The Labute approximate surface area is 147 Å². The fourth-order valence-corrected chi connectivity index (χ4v) is 3.06. The highest BCUT2D eigenvalue weighted by Gasteiger charge is 2.15. The van der Waals surface area contributed by atoms with Crippen LogP contribution in [0.4, 0.5) is 10.7 Å². The van der Waals surface area contributed by atoms with Crippen molar-refractivity contribution in [2.75, 3.05) is 11.9 Å². The van der Waals surface area contributed by atoms with Gasteiger partial charge < -0.3 is 15.8 Å². The number of nitro benzene ring substituents is 1. The standard InChI is InChI=1S/C16H17N3O5S/c1-10-9-11(15(17)21)16(25-10)18-14(20)7-4-8-24-13-6-3-2-5-12(13)19(22)23/h2-3,5-6,9H,4,7-8H2,1H3,(H2,17,21)(H,18,20). The van der Waals surface area contributed by atoms with Gasteiger partial charge in [-0.1, -0.05) is 12.1 Å². The molecule has 0 saturated heterocycles. The molecule has 9 heteroatoms. The van der Waals surface area contributed by atoms with Crippen LogP contribution < -0.4 is 15.8 Å². The second kappa shape index (κ2) is 8.25. The molecule has 0 unspecified atom stereocenters. The summed E-state index contributed by atoms with van der Waals surface area (Å²) in [6.45, 7) is 1.97. The van der Waals surface area contributed by atoms with E-state index in [2.05, 4.69) is 5.32 Å². The smallest absolute Gasteiger partial charge is 0.310 e. The molecule has 2 rings (SSSR count). The topological polar surface area (TPSA) is 125 Å². The highest BCUT2D eigenvalue weighted by molar-refractivity contribution is 7.16. The normalized spacial score (nSPS) is 10.3. The second-order valence-corrected chi connectivity index (χ2v) is 6.45. The van der Waals surface area contributed by atoms with Gasteiger partial charge in [0, 0.05) is 17.4 Å². The zero-order valence-corrected chi connectivity index (χ0v) is 14.3. The number of nitro groups is 1. The molecule has 3 N–H and O–H groups in total. The van der Waals surface area contributed by atoms with Gasteiger partial charge in [0.05, 0.1) is 17.1 Å². The van der Waals surface area contributed by atoms with Gasteiger partial charge in [0.15, 0.2) is 5.75 Å². The third kappa shape index (κ3) is 5.01. The number of nitrogens with one attached hydrogen (secondary N) is 1. The van der Waals surface area contributed by atoms with Crippen molar-refractivity contribution in [2.45, 2.75) is 19.8 Å². The van der Waals surface area contributed by atoms with Gasteiger partial charge in [0.2, 0.25) is 5.91 Å². The molecule has 2 amide bonds. The van der Waals surface area contributed by atoms with Gasteiger partial charge in [-0.05, 0) is 25.5 Å². The van der Waals surface area contributed by atoms with Gasteiger partial charge in [0.1, 0.15) is 5.00 Å². The van der Waals surface area contributed by atoms with E-state index in [1.807, 2.05) is 6.92 Å². The number of nitrogens with zero attached hydrogens (tertiary/aromatic N) is 1. The van der Waals surface area contributed by atoms with Crippen molar-refractivity contribution in [1.29, 1.82) is 0 Å². The molecule has 0 saturated carbocycles. The molecule has 0 fully saturated rings. The molecule has 0 atom stereocenters. The lowest BCUT2D eigenvalue weighted by atomic mass is 10.2. The molecular weight excluding hydrogens is 346 g/mol. The van der Waals surface area contributed by atoms with E-state index in [1.165, 1.54) is 23.5 Å². The van der Waals surface area contributed by atoms with Crippen LogP contribution in [0.3, 0.4) is 0 Å². The summed E-state index contributed by atoms with van der Waals surface area (Å²) in [5.41, 5.74) is 5.44. The van der Waals surface area contributed by atoms with Crippen molar-refractivity contribution in [3.63, 3.8) is 0 Å². The molecular formula is C16H17N3O5S. The van der Waals surface area contributed by atoms with Crippen molar-refractivity contribution in [2.24, 2.45) is 5.73 Å². The number of anilines is 1. The second-order valence-electron chi connectivity index (χ2n) is 5.19. The summed E-state index contributed by atoms with van der Waals surface area (Å²) >= 11 is 1.27. The fourth-order valence-electron chi connectivity index (χ4n) is 2.12. The van der Waals surface area contributed by atoms with Crippen molar-refractivity contribution in [1.82, 2.24) is 0 Å². The lowest BCUT2D eigenvalue weighted by molar-refractivity contribution is -0.385. The van der Waals surface area contributed by atoms with E-state index in [4.69, 9.17) is 10.5 Å². The number of carbonyl (C=O) groups is 2. The Bertz CT molecular complexity index is 803. The Morgan fingerprint density at radius 2 is 2.08 bits per heavy atom. The summed E-state index contributed by atoms with van der Waals surface area (Å²) in [5, 5.41) is 14.0. The van der Waals surface area contributed by atoms with E-state index in [0.29, 0.717) is 11.4 Å². The van der Waals surface area contributed by atoms with Crippen molar-refractivity contribution < 1.29 is 19.2 Å². The van der Waals surface area contributed by atoms with Crippen molar-refractivity contribution in [3.05, 3.63) is 50.9 Å². The first-order chi connectivity index (χ1) is 11.9. The minimum absolute atomic E-state index is 0.118. The summed E-state index contributed by atoms with van der Waals surface area (Å²) in [6, 6.07) is 7.68. The Kier molecular flexibility index (Phi) is 6.07. The maximum absolute atomic E-state index is 12.0. The Balaban J connectivity index is 1.84. The molecule has 8 nitrogen and oxygen atoms in total. The van der Waals surface area contributed by atoms with E-state index in [-0.39, 0.29) is 35.9 Å². The van der Waals surface area contributed by atoms with Crippen LogP contribution >= 0.6 is 11.3 Å². The summed E-state index contributed by atoms with van der Waals surface area (Å²) in [5.74, 6) is -0.715. The van der Waals surface area contributed by atoms with E-state index in [1.54, 1.807) is 18.2 Å². The number of thiophene rings is 1. The number of hydrogen-bond acceptors (Lipinski definition) is 6. The zero-order valence-electron chi connectivity index (χ0n) is 13.5. The number of amides is 2. The van der Waals surface area contributed by atoms with Crippen LogP contribution in [0.2, 0.25) is 0 Å². The molecule has 1 aromatic carbocycles. The quantitative estimate of drug-likeness (QED) is 0.424. The number of rotatable bonds is 8. The summed E-state index contributed by atoms with van der Waals surface area (Å²) in [6.07, 6.45) is 0.518. The number of benzene rings is 1. The van der Waals surface area contributed by atoms with Crippen LogP contribution in [0, 0.1) is 17.0 Å². The summed E-state index contributed by atoms with van der Waals surface area (Å²) in [4.78, 5) is 34.5. The third-order valence-corrected chi connectivity index (χ3v) is 4.21. The number of aryl methyl sites for hydroxylation is 1. The highest BCUT2D eigenvalue weighted by Crippen LogP contribution is 2.28. The summed E-state index contributed by atoms with van der Waals surface area (Å²) < 4.78 is 5.37. The first-order valence-corrected chi connectivity index (χ1v) is 8.26. The predicted octanol–water partition coefficient (Wildman–Crippen LogP) is 2.86. The minimum atomic E-state index is -0.598. The number of carbonyl (C=O) groups excluding carboxylic acids is 2. The Morgan fingerprint density at radius 3 is 2.76 bits per heavy atom. The van der Waals surface area contributed by atoms with Gasteiger partial charge in [0.25, 0.3) is 5.91 Å². The average molecular weight is 363 g/mol. The molecule has 132 valence electrons. The SMILES string of the molecule is Cc1cc(C(N)=O)c(NC(=O)CCCOc2ccccc2[N+](=O)[O-])s1. The van der Waals surface area contributed by atoms with E-state index in [0.717, 1.165) is 4.88 Å². The van der Waals surface area contributed by atoms with Crippen LogP contribution in [0.15, 0.2) is 30.3 Å². The molecule has 0 bridgehead atoms. The molecule has 2 aromatic rings. The van der Waals surface area contributed by atoms with Crippen LogP contribution in [0.25, 0.3) is 0 Å². The first-order valence-electron chi connectivity index (χ1n) is 7.44. The molecule has 0 spiro atoms. The fraction of sp³-hybridized carbons (Fsp3) is 0.250. The van der Waals surface area contributed by atoms with Crippen LogP contribution in [0.1, 0.15) is 28.1 Å². The number of hydrogen-bond donors (Lipinski definition) is 2. The lowest BCUT2D eigenvalue weighted by Gasteiger charge is -2.07. The molecule has 0 aliphatic carbocycles. The third-order valence-electron chi connectivity index (χ3n) is 3.24. The maximum atomic E-state index is 12.0. The van der Waals surface area contributed by atoms with Crippen molar-refractivity contribution >= 4 is 33.8 Å². The number of nitrogens with two attached hydrogens (primary N) is 1. The van der Waals surface area contributed by atoms with Gasteiger partial charge in [-0.25, -0.2) is 0 Å². The van der Waals surface area contributed by atoms with E-state index >= 15 is 0 Å². The first kappa shape index (κ1) is 18.4. The molecule has 0 aliphatic rings. The molecule has 0 radical (unpaired) electrons. The zero-order chi connectivity index (χ0) is 18.4. The minimum Gasteiger partial charge on any atom is -0.487 e. The highest BCUT2D eigenvalue weighted by atomic mass is 32.1. The van der Waals surface area contributed by atoms with Crippen molar-refractivity contribution in [3.8, 4) is 5.75 Å².